The monoisotopic (exact) mass is 478 g/mol. The number of benzene rings is 2. The van der Waals surface area contributed by atoms with Crippen LogP contribution in [0.3, 0.4) is 0 Å². The summed E-state index contributed by atoms with van der Waals surface area (Å²) in [5, 5.41) is 9.64. The smallest absolute Gasteiger partial charge is 0.222 e. The highest BCUT2D eigenvalue weighted by atomic mass is 35.5. The Balaban J connectivity index is 0.00000274. The standard InChI is InChI=1S/C29H34N2O2.ClH/c32-25-15-20-31(21-16-25)28(33)10-5-17-30-18-13-24(14-19-30)29-26-8-3-1-6-22(26)11-12-23-7-2-4-9-27(23)29;/h1-4,6-9,11-12,25,32H,5,10,13-21H2;1H. The molecule has 0 radical (unpaired) electrons. The molecule has 4 nitrogen and oxygen atoms in total. The van der Waals surface area contributed by atoms with E-state index in [1.807, 2.05) is 4.90 Å². The Bertz CT molecular complexity index is 1010. The Kier molecular flexibility index (Phi) is 8.25. The quantitative estimate of drug-likeness (QED) is 0.556. The number of likely N-dealkylation sites (tertiary alicyclic amines) is 2. The molecule has 2 aromatic carbocycles. The lowest BCUT2D eigenvalue weighted by atomic mass is 9.86. The summed E-state index contributed by atoms with van der Waals surface area (Å²) in [6.07, 6.45) is 9.40. The molecule has 3 aliphatic rings. The van der Waals surface area contributed by atoms with E-state index in [4.69, 9.17) is 0 Å². The van der Waals surface area contributed by atoms with Gasteiger partial charge in [-0.15, -0.1) is 12.4 Å². The lowest BCUT2D eigenvalue weighted by Gasteiger charge is -2.31. The molecule has 0 unspecified atom stereocenters. The molecule has 1 amide bonds. The largest absolute Gasteiger partial charge is 0.393 e. The third-order valence-corrected chi connectivity index (χ3v) is 7.40. The Morgan fingerprint density at radius 3 is 2.00 bits per heavy atom. The van der Waals surface area contributed by atoms with Crippen molar-refractivity contribution in [3.8, 4) is 0 Å². The van der Waals surface area contributed by atoms with Gasteiger partial charge in [-0.25, -0.2) is 0 Å². The highest BCUT2D eigenvalue weighted by Crippen LogP contribution is 2.38. The lowest BCUT2D eigenvalue weighted by Crippen LogP contribution is -2.40. The van der Waals surface area contributed by atoms with Crippen LogP contribution in [0.4, 0.5) is 0 Å². The van der Waals surface area contributed by atoms with E-state index in [1.165, 1.54) is 27.8 Å². The fourth-order valence-corrected chi connectivity index (χ4v) is 5.47. The van der Waals surface area contributed by atoms with Gasteiger partial charge in [-0.1, -0.05) is 66.3 Å². The molecule has 2 fully saturated rings. The zero-order chi connectivity index (χ0) is 22.6. The van der Waals surface area contributed by atoms with E-state index in [0.717, 1.165) is 51.7 Å². The number of fused-ring (bicyclic) bond motifs is 2. The summed E-state index contributed by atoms with van der Waals surface area (Å²) in [6.45, 7) is 4.51. The number of amides is 1. The van der Waals surface area contributed by atoms with Crippen LogP contribution in [0.15, 0.2) is 54.1 Å². The number of hydrogen-bond donors (Lipinski definition) is 1. The Labute approximate surface area is 209 Å². The maximum absolute atomic E-state index is 12.5. The zero-order valence-electron chi connectivity index (χ0n) is 19.8. The SMILES string of the molecule is Cl.O=C(CCCN1CCC(=C2c3ccccc3C=Cc3ccccc32)CC1)N1CCC(O)CC1. The van der Waals surface area contributed by atoms with Crippen LogP contribution < -0.4 is 0 Å². The molecule has 2 aliphatic heterocycles. The van der Waals surface area contributed by atoms with E-state index in [-0.39, 0.29) is 24.4 Å². The van der Waals surface area contributed by atoms with Crippen LogP contribution in [0.5, 0.6) is 0 Å². The Morgan fingerprint density at radius 1 is 0.853 bits per heavy atom. The van der Waals surface area contributed by atoms with E-state index >= 15 is 0 Å². The fourth-order valence-electron chi connectivity index (χ4n) is 5.47. The minimum absolute atomic E-state index is 0. The third kappa shape index (κ3) is 5.46. The first-order valence-electron chi connectivity index (χ1n) is 12.5. The average Bonchev–Trinajstić information content (AvgIpc) is 3.02. The number of carbonyl (C=O) groups is 1. The minimum Gasteiger partial charge on any atom is -0.393 e. The van der Waals surface area contributed by atoms with Crippen molar-refractivity contribution >= 4 is 36.0 Å². The number of rotatable bonds is 4. The lowest BCUT2D eigenvalue weighted by molar-refractivity contribution is -0.133. The summed E-state index contributed by atoms with van der Waals surface area (Å²) in [6, 6.07) is 17.5. The number of piperidine rings is 2. The van der Waals surface area contributed by atoms with E-state index in [0.29, 0.717) is 19.5 Å². The van der Waals surface area contributed by atoms with E-state index in [1.54, 1.807) is 5.57 Å². The molecule has 5 rings (SSSR count). The highest BCUT2D eigenvalue weighted by Gasteiger charge is 2.24. The van der Waals surface area contributed by atoms with E-state index < -0.39 is 0 Å². The normalized spacial score (nSPS) is 18.7. The average molecular weight is 479 g/mol. The van der Waals surface area contributed by atoms with Crippen LogP contribution in [-0.4, -0.2) is 59.6 Å². The van der Waals surface area contributed by atoms with Crippen molar-refractivity contribution < 1.29 is 9.90 Å². The van der Waals surface area contributed by atoms with Crippen LogP contribution in [-0.2, 0) is 4.79 Å². The molecule has 2 saturated heterocycles. The molecule has 1 N–H and O–H groups in total. The second-order valence-electron chi connectivity index (χ2n) is 9.54. The van der Waals surface area contributed by atoms with Crippen molar-refractivity contribution in [2.24, 2.45) is 0 Å². The molecule has 2 aromatic rings. The fraction of sp³-hybridized carbons (Fsp3) is 0.414. The van der Waals surface area contributed by atoms with Crippen LogP contribution in [0.25, 0.3) is 17.7 Å². The van der Waals surface area contributed by atoms with Crippen molar-refractivity contribution in [1.29, 1.82) is 0 Å². The molecule has 0 aromatic heterocycles. The maximum atomic E-state index is 12.5. The molecule has 1 aliphatic carbocycles. The topological polar surface area (TPSA) is 43.8 Å². The van der Waals surface area contributed by atoms with E-state index in [2.05, 4.69) is 65.6 Å². The number of carbonyl (C=O) groups excluding carboxylic acids is 1. The van der Waals surface area contributed by atoms with Crippen molar-refractivity contribution in [1.82, 2.24) is 9.80 Å². The molecule has 180 valence electrons. The number of aliphatic hydroxyl groups is 1. The van der Waals surface area contributed by atoms with Gasteiger partial charge in [0.15, 0.2) is 0 Å². The summed E-state index contributed by atoms with van der Waals surface area (Å²) in [5.74, 6) is 0.251. The van der Waals surface area contributed by atoms with Crippen molar-refractivity contribution in [2.45, 2.75) is 44.6 Å². The van der Waals surface area contributed by atoms with Crippen LogP contribution >= 0.6 is 12.4 Å². The van der Waals surface area contributed by atoms with Gasteiger partial charge in [0.2, 0.25) is 5.91 Å². The Morgan fingerprint density at radius 2 is 1.41 bits per heavy atom. The number of hydrogen-bond acceptors (Lipinski definition) is 3. The second-order valence-corrected chi connectivity index (χ2v) is 9.54. The number of nitrogens with zero attached hydrogens (tertiary/aromatic N) is 2. The molecular weight excluding hydrogens is 444 g/mol. The molecule has 0 spiro atoms. The van der Waals surface area contributed by atoms with Crippen LogP contribution in [0.2, 0.25) is 0 Å². The predicted octanol–water partition coefficient (Wildman–Crippen LogP) is 5.25. The first kappa shape index (κ1) is 24.7. The van der Waals surface area contributed by atoms with Gasteiger partial charge in [-0.3, -0.25) is 4.79 Å². The summed E-state index contributed by atoms with van der Waals surface area (Å²) in [5.41, 5.74) is 8.26. The Hall–Kier alpha value is -2.40. The molecule has 5 heteroatoms. The van der Waals surface area contributed by atoms with Crippen molar-refractivity contribution in [3.63, 3.8) is 0 Å². The third-order valence-electron chi connectivity index (χ3n) is 7.40. The van der Waals surface area contributed by atoms with Gasteiger partial charge < -0.3 is 14.9 Å². The van der Waals surface area contributed by atoms with Gasteiger partial charge in [0.25, 0.3) is 0 Å². The van der Waals surface area contributed by atoms with Gasteiger partial charge >= 0.3 is 0 Å². The molecular formula is C29H35ClN2O2. The first-order valence-corrected chi connectivity index (χ1v) is 12.5. The minimum atomic E-state index is -0.228. The zero-order valence-corrected chi connectivity index (χ0v) is 20.6. The van der Waals surface area contributed by atoms with Crippen LogP contribution in [0.1, 0.15) is 60.8 Å². The predicted molar refractivity (Wildman–Crippen MR) is 142 cm³/mol. The summed E-state index contributed by atoms with van der Waals surface area (Å²) < 4.78 is 0. The summed E-state index contributed by atoms with van der Waals surface area (Å²) in [4.78, 5) is 16.9. The number of aliphatic hydroxyl groups excluding tert-OH is 1. The molecule has 2 heterocycles. The van der Waals surface area contributed by atoms with Gasteiger partial charge in [0, 0.05) is 32.6 Å². The van der Waals surface area contributed by atoms with Crippen molar-refractivity contribution in [2.75, 3.05) is 32.7 Å². The molecule has 0 atom stereocenters. The molecule has 34 heavy (non-hydrogen) atoms. The summed E-state index contributed by atoms with van der Waals surface area (Å²) in [7, 11) is 0. The first-order chi connectivity index (χ1) is 16.2. The summed E-state index contributed by atoms with van der Waals surface area (Å²) >= 11 is 0. The van der Waals surface area contributed by atoms with Gasteiger partial charge in [-0.05, 0) is 66.5 Å². The van der Waals surface area contributed by atoms with Gasteiger partial charge in [0.1, 0.15) is 0 Å². The molecule has 0 saturated carbocycles. The maximum Gasteiger partial charge on any atom is 0.222 e. The molecule has 0 bridgehead atoms. The van der Waals surface area contributed by atoms with Crippen molar-refractivity contribution in [3.05, 3.63) is 76.4 Å². The van der Waals surface area contributed by atoms with Gasteiger partial charge in [-0.2, -0.15) is 0 Å². The van der Waals surface area contributed by atoms with E-state index in [9.17, 15) is 9.90 Å². The van der Waals surface area contributed by atoms with Gasteiger partial charge in [0.05, 0.1) is 6.10 Å². The van der Waals surface area contributed by atoms with Crippen LogP contribution in [0, 0.1) is 0 Å². The second kappa shape index (κ2) is 11.4. The number of halogens is 1. The highest BCUT2D eigenvalue weighted by molar-refractivity contribution is 5.94.